The van der Waals surface area contributed by atoms with E-state index in [9.17, 15) is 9.59 Å². The van der Waals surface area contributed by atoms with Crippen molar-refractivity contribution in [2.75, 3.05) is 19.0 Å². The van der Waals surface area contributed by atoms with E-state index in [1.807, 2.05) is 6.92 Å². The van der Waals surface area contributed by atoms with Crippen molar-refractivity contribution in [2.45, 2.75) is 44.6 Å². The lowest BCUT2D eigenvalue weighted by Crippen LogP contribution is -2.53. The number of nitrogens with two attached hydrogens (primary N) is 1. The second-order valence-electron chi connectivity index (χ2n) is 6.74. The zero-order valence-corrected chi connectivity index (χ0v) is 15.5. The van der Waals surface area contributed by atoms with Crippen molar-refractivity contribution in [3.05, 3.63) is 23.2 Å². The summed E-state index contributed by atoms with van der Waals surface area (Å²) in [6, 6.07) is 4.99. The van der Waals surface area contributed by atoms with Gasteiger partial charge in [0.25, 0.3) is 0 Å². The van der Waals surface area contributed by atoms with Crippen LogP contribution >= 0.6 is 11.6 Å². The molecule has 6 nitrogen and oxygen atoms in total. The van der Waals surface area contributed by atoms with Crippen LogP contribution in [0.3, 0.4) is 0 Å². The number of hydrogen-bond donors (Lipinski definition) is 3. The Hall–Kier alpha value is -1.79. The molecule has 0 saturated heterocycles. The largest absolute Gasteiger partial charge is 0.495 e. The average molecular weight is 368 g/mol. The van der Waals surface area contributed by atoms with Gasteiger partial charge in [0.05, 0.1) is 18.7 Å². The van der Waals surface area contributed by atoms with Gasteiger partial charge in [0.15, 0.2) is 0 Å². The molecule has 1 aromatic rings. The molecule has 0 aromatic heterocycles. The van der Waals surface area contributed by atoms with Crippen LogP contribution in [0, 0.1) is 5.92 Å². The van der Waals surface area contributed by atoms with Gasteiger partial charge >= 0.3 is 0 Å². The van der Waals surface area contributed by atoms with Gasteiger partial charge in [-0.15, -0.1) is 0 Å². The molecule has 1 aliphatic carbocycles. The molecule has 138 valence electrons. The number of ether oxygens (including phenoxy) is 1. The minimum atomic E-state index is -0.473. The standard InChI is InChI=1S/C18H26ClN3O3/c1-18(20)9-4-3-5-13(18)17(24)21-10-8-16(23)22-14-11-12(19)6-7-15(14)25-2/h6-7,11,13H,3-5,8-10,20H2,1-2H3,(H,21,24)(H,22,23). The quantitative estimate of drug-likeness (QED) is 0.720. The van der Waals surface area contributed by atoms with Crippen LogP contribution in [0.1, 0.15) is 39.0 Å². The Labute approximate surface area is 153 Å². The first kappa shape index (κ1) is 19.5. The summed E-state index contributed by atoms with van der Waals surface area (Å²) in [6.45, 7) is 2.19. The van der Waals surface area contributed by atoms with Crippen molar-refractivity contribution in [3.8, 4) is 5.75 Å². The monoisotopic (exact) mass is 367 g/mol. The number of amides is 2. The number of nitrogens with one attached hydrogen (secondary N) is 2. The van der Waals surface area contributed by atoms with Gasteiger partial charge in [-0.3, -0.25) is 9.59 Å². The smallest absolute Gasteiger partial charge is 0.226 e. The predicted octanol–water partition coefficient (Wildman–Crippen LogP) is 2.70. The van der Waals surface area contributed by atoms with Crippen LogP contribution < -0.4 is 21.1 Å². The fourth-order valence-corrected chi connectivity index (χ4v) is 3.37. The van der Waals surface area contributed by atoms with Crippen LogP contribution in [0.25, 0.3) is 0 Å². The lowest BCUT2D eigenvalue weighted by molar-refractivity contribution is -0.128. The number of hydrogen-bond acceptors (Lipinski definition) is 4. The van der Waals surface area contributed by atoms with Gasteiger partial charge in [-0.1, -0.05) is 24.4 Å². The number of benzene rings is 1. The van der Waals surface area contributed by atoms with E-state index in [0.29, 0.717) is 16.5 Å². The van der Waals surface area contributed by atoms with Crippen LogP contribution in [0.2, 0.25) is 5.02 Å². The number of carbonyl (C=O) groups excluding carboxylic acids is 2. The topological polar surface area (TPSA) is 93.5 Å². The van der Waals surface area contributed by atoms with Crippen molar-refractivity contribution in [3.63, 3.8) is 0 Å². The third-order valence-electron chi connectivity index (χ3n) is 4.66. The number of halogens is 1. The van der Waals surface area contributed by atoms with Crippen molar-refractivity contribution >= 4 is 29.1 Å². The summed E-state index contributed by atoms with van der Waals surface area (Å²) in [5.41, 5.74) is 6.27. The molecule has 0 spiro atoms. The van der Waals surface area contributed by atoms with Gasteiger partial charge in [-0.25, -0.2) is 0 Å². The highest BCUT2D eigenvalue weighted by Crippen LogP contribution is 2.31. The fourth-order valence-electron chi connectivity index (χ4n) is 3.20. The molecule has 0 aliphatic heterocycles. The second kappa shape index (κ2) is 8.54. The highest BCUT2D eigenvalue weighted by molar-refractivity contribution is 6.31. The Morgan fingerprint density at radius 3 is 2.84 bits per heavy atom. The van der Waals surface area contributed by atoms with E-state index < -0.39 is 5.54 Å². The SMILES string of the molecule is COc1ccc(Cl)cc1NC(=O)CCNC(=O)C1CCCCC1(C)N. The molecule has 1 fully saturated rings. The molecular weight excluding hydrogens is 342 g/mol. The number of anilines is 1. The third kappa shape index (κ3) is 5.34. The molecule has 7 heteroatoms. The minimum Gasteiger partial charge on any atom is -0.495 e. The number of rotatable bonds is 6. The molecule has 1 aromatic carbocycles. The number of methoxy groups -OCH3 is 1. The zero-order chi connectivity index (χ0) is 18.4. The van der Waals surface area contributed by atoms with E-state index >= 15 is 0 Å². The molecule has 2 unspecified atom stereocenters. The van der Waals surface area contributed by atoms with Gasteiger partial charge in [0, 0.05) is 23.5 Å². The normalized spacial score (nSPS) is 23.0. The van der Waals surface area contributed by atoms with Crippen LogP contribution in [0.15, 0.2) is 18.2 Å². The molecule has 0 heterocycles. The summed E-state index contributed by atoms with van der Waals surface area (Å²) in [5.74, 6) is 0.0399. The van der Waals surface area contributed by atoms with E-state index in [4.69, 9.17) is 22.1 Å². The highest BCUT2D eigenvalue weighted by Gasteiger charge is 2.37. The Balaban J connectivity index is 1.82. The molecule has 2 atom stereocenters. The fraction of sp³-hybridized carbons (Fsp3) is 0.556. The van der Waals surface area contributed by atoms with Gasteiger partial charge in [0.2, 0.25) is 11.8 Å². The van der Waals surface area contributed by atoms with Crippen LogP contribution in [-0.2, 0) is 9.59 Å². The van der Waals surface area contributed by atoms with Crippen molar-refractivity contribution in [2.24, 2.45) is 11.7 Å². The Morgan fingerprint density at radius 1 is 1.40 bits per heavy atom. The van der Waals surface area contributed by atoms with E-state index in [1.165, 1.54) is 7.11 Å². The predicted molar refractivity (Wildman–Crippen MR) is 98.8 cm³/mol. The average Bonchev–Trinajstić information content (AvgIpc) is 2.54. The third-order valence-corrected chi connectivity index (χ3v) is 4.89. The van der Waals surface area contributed by atoms with E-state index in [-0.39, 0.29) is 30.7 Å². The molecule has 2 rings (SSSR count). The lowest BCUT2D eigenvalue weighted by Gasteiger charge is -2.37. The summed E-state index contributed by atoms with van der Waals surface area (Å²) in [7, 11) is 1.52. The van der Waals surface area contributed by atoms with Crippen LogP contribution in [0.4, 0.5) is 5.69 Å². The molecule has 0 bridgehead atoms. The van der Waals surface area contributed by atoms with Gasteiger partial charge in [0.1, 0.15) is 5.75 Å². The van der Waals surface area contributed by atoms with Gasteiger partial charge in [-0.2, -0.15) is 0 Å². The first-order chi connectivity index (χ1) is 11.8. The highest BCUT2D eigenvalue weighted by atomic mass is 35.5. The van der Waals surface area contributed by atoms with Gasteiger partial charge in [-0.05, 0) is 38.0 Å². The molecule has 2 amide bonds. The minimum absolute atomic E-state index is 0.0714. The van der Waals surface area contributed by atoms with Crippen LogP contribution in [-0.4, -0.2) is 31.0 Å². The Bertz CT molecular complexity index is 634. The van der Waals surface area contributed by atoms with Gasteiger partial charge < -0.3 is 21.1 Å². The maximum absolute atomic E-state index is 12.3. The molecule has 1 aliphatic rings. The molecular formula is C18H26ClN3O3. The van der Waals surface area contributed by atoms with E-state index in [1.54, 1.807) is 18.2 Å². The first-order valence-electron chi connectivity index (χ1n) is 8.53. The van der Waals surface area contributed by atoms with Crippen LogP contribution in [0.5, 0.6) is 5.75 Å². The Morgan fingerprint density at radius 2 is 2.16 bits per heavy atom. The lowest BCUT2D eigenvalue weighted by atomic mass is 9.74. The molecule has 25 heavy (non-hydrogen) atoms. The van der Waals surface area contributed by atoms with Crippen molar-refractivity contribution in [1.29, 1.82) is 0 Å². The summed E-state index contributed by atoms with van der Waals surface area (Å²) in [5, 5.41) is 6.08. The summed E-state index contributed by atoms with van der Waals surface area (Å²) in [4.78, 5) is 24.4. The summed E-state index contributed by atoms with van der Waals surface area (Å²) in [6.07, 6.45) is 3.88. The number of carbonyl (C=O) groups is 2. The summed E-state index contributed by atoms with van der Waals surface area (Å²) >= 11 is 5.94. The summed E-state index contributed by atoms with van der Waals surface area (Å²) < 4.78 is 5.19. The molecule has 4 N–H and O–H groups in total. The van der Waals surface area contributed by atoms with Crippen molar-refractivity contribution < 1.29 is 14.3 Å². The van der Waals surface area contributed by atoms with E-state index in [0.717, 1.165) is 25.7 Å². The van der Waals surface area contributed by atoms with E-state index in [2.05, 4.69) is 10.6 Å². The zero-order valence-electron chi connectivity index (χ0n) is 14.7. The molecule has 0 radical (unpaired) electrons. The molecule has 1 saturated carbocycles. The second-order valence-corrected chi connectivity index (χ2v) is 7.17. The maximum Gasteiger partial charge on any atom is 0.226 e. The maximum atomic E-state index is 12.3. The first-order valence-corrected chi connectivity index (χ1v) is 8.91. The Kier molecular flexibility index (Phi) is 6.67. The van der Waals surface area contributed by atoms with Crippen molar-refractivity contribution in [1.82, 2.24) is 5.32 Å².